The summed E-state index contributed by atoms with van der Waals surface area (Å²) < 4.78 is 74.3. The summed E-state index contributed by atoms with van der Waals surface area (Å²) in [5, 5.41) is -0.207. The monoisotopic (exact) mass is 563 g/mol. The van der Waals surface area contributed by atoms with Crippen molar-refractivity contribution in [3.05, 3.63) is 147 Å². The number of hydrogen-bond acceptors (Lipinski definition) is 4. The van der Waals surface area contributed by atoms with Gasteiger partial charge in [0, 0.05) is 24.5 Å². The molecule has 9 heteroatoms. The van der Waals surface area contributed by atoms with Crippen LogP contribution < -0.4 is 5.63 Å². The minimum Gasteiger partial charge on any atom is -0.423 e. The van der Waals surface area contributed by atoms with Crippen LogP contribution in [0, 0.1) is 0 Å². The van der Waals surface area contributed by atoms with Gasteiger partial charge in [-0.15, -0.1) is 0 Å². The maximum absolute atomic E-state index is 13.7. The van der Waals surface area contributed by atoms with Crippen molar-refractivity contribution in [3.8, 4) is 0 Å². The molecule has 0 N–H and O–H groups in total. The van der Waals surface area contributed by atoms with Gasteiger partial charge in [-0.05, 0) is 52.9 Å². The van der Waals surface area contributed by atoms with E-state index in [2.05, 4.69) is 0 Å². The summed E-state index contributed by atoms with van der Waals surface area (Å²) in [5.74, 6) is 0. The second-order valence-corrected chi connectivity index (χ2v) is 11.3. The lowest BCUT2D eigenvalue weighted by molar-refractivity contribution is -0.136. The van der Waals surface area contributed by atoms with Gasteiger partial charge in [-0.2, -0.15) is 17.5 Å². The van der Waals surface area contributed by atoms with Crippen LogP contribution in [0.15, 0.2) is 123 Å². The summed E-state index contributed by atoms with van der Waals surface area (Å²) in [6, 6.07) is 29.7. The number of benzene rings is 4. The van der Waals surface area contributed by atoms with Crippen LogP contribution in [0.4, 0.5) is 13.2 Å². The van der Waals surface area contributed by atoms with Crippen molar-refractivity contribution < 1.29 is 26.0 Å². The van der Waals surface area contributed by atoms with Crippen LogP contribution in [0.2, 0.25) is 0 Å². The van der Waals surface area contributed by atoms with Crippen molar-refractivity contribution >= 4 is 21.0 Å². The number of rotatable bonds is 8. The molecule has 0 unspecified atom stereocenters. The average Bonchev–Trinajstić information content (AvgIpc) is 2.93. The standard InChI is InChI=1S/C31H24F3NO4S/c32-31(33,34)28-19-30(36)39-29-16-13-25(18-27(28)29)17-22-11-14-26(15-12-22)40(37,38)35(20-23-7-3-1-4-8-23)21-24-9-5-2-6-10-24/h1-16,18-19H,17,20-21H2. The van der Waals surface area contributed by atoms with Crippen LogP contribution in [-0.2, 0) is 35.7 Å². The molecule has 0 fully saturated rings. The fourth-order valence-electron chi connectivity index (χ4n) is 4.52. The Morgan fingerprint density at radius 1 is 0.675 bits per heavy atom. The van der Waals surface area contributed by atoms with E-state index < -0.39 is 27.4 Å². The summed E-state index contributed by atoms with van der Waals surface area (Å²) in [7, 11) is -3.88. The summed E-state index contributed by atoms with van der Waals surface area (Å²) in [6.07, 6.45) is -4.46. The molecular weight excluding hydrogens is 539 g/mol. The largest absolute Gasteiger partial charge is 0.423 e. The second-order valence-electron chi connectivity index (χ2n) is 9.37. The molecule has 0 aliphatic heterocycles. The molecule has 5 rings (SSSR count). The van der Waals surface area contributed by atoms with E-state index in [9.17, 15) is 26.4 Å². The van der Waals surface area contributed by atoms with Gasteiger partial charge in [0.1, 0.15) is 5.58 Å². The summed E-state index contributed by atoms with van der Waals surface area (Å²) in [6.45, 7) is 0.378. The van der Waals surface area contributed by atoms with Gasteiger partial charge in [0.15, 0.2) is 0 Å². The minimum absolute atomic E-state index is 0.114. The first-order chi connectivity index (χ1) is 19.1. The minimum atomic E-state index is -4.71. The van der Waals surface area contributed by atoms with E-state index in [-0.39, 0.29) is 35.4 Å². The predicted molar refractivity (Wildman–Crippen MR) is 146 cm³/mol. The maximum atomic E-state index is 13.7. The van der Waals surface area contributed by atoms with Gasteiger partial charge in [-0.25, -0.2) is 13.2 Å². The Labute approximate surface area is 229 Å². The third-order valence-corrected chi connectivity index (χ3v) is 8.29. The molecule has 0 saturated carbocycles. The van der Waals surface area contributed by atoms with Gasteiger partial charge in [0.2, 0.25) is 10.0 Å². The molecule has 5 nitrogen and oxygen atoms in total. The van der Waals surface area contributed by atoms with E-state index in [0.717, 1.165) is 11.1 Å². The molecule has 4 aromatic carbocycles. The molecule has 0 radical (unpaired) electrons. The Balaban J connectivity index is 1.42. The molecule has 0 spiro atoms. The van der Waals surface area contributed by atoms with Crippen LogP contribution in [0.3, 0.4) is 0 Å². The first-order valence-corrected chi connectivity index (χ1v) is 13.8. The van der Waals surface area contributed by atoms with E-state index >= 15 is 0 Å². The molecule has 0 atom stereocenters. The highest BCUT2D eigenvalue weighted by Gasteiger charge is 2.34. The molecule has 0 aliphatic carbocycles. The summed E-state index contributed by atoms with van der Waals surface area (Å²) >= 11 is 0. The van der Waals surface area contributed by atoms with Gasteiger partial charge in [0.05, 0.1) is 10.5 Å². The summed E-state index contributed by atoms with van der Waals surface area (Å²) in [4.78, 5) is 11.7. The SMILES string of the molecule is O=c1cc(C(F)(F)F)c2cc(Cc3ccc(S(=O)(=O)N(Cc4ccccc4)Cc4ccccc4)cc3)ccc2o1. The Morgan fingerprint density at radius 3 is 1.77 bits per heavy atom. The zero-order chi connectivity index (χ0) is 28.3. The number of sulfonamides is 1. The lowest BCUT2D eigenvalue weighted by Crippen LogP contribution is -2.30. The fraction of sp³-hybridized carbons (Fsp3) is 0.129. The molecule has 1 heterocycles. The van der Waals surface area contributed by atoms with Crippen LogP contribution >= 0.6 is 0 Å². The third kappa shape index (κ3) is 6.16. The number of nitrogens with zero attached hydrogens (tertiary/aromatic N) is 1. The molecule has 204 valence electrons. The second kappa shape index (κ2) is 11.1. The Hall–Kier alpha value is -4.21. The molecular formula is C31H24F3NO4S. The number of halogens is 3. The molecule has 0 saturated heterocycles. The van der Waals surface area contributed by atoms with Gasteiger partial charge >= 0.3 is 11.8 Å². The highest BCUT2D eigenvalue weighted by Crippen LogP contribution is 2.34. The predicted octanol–water partition coefficient (Wildman–Crippen LogP) is 6.79. The lowest BCUT2D eigenvalue weighted by atomic mass is 10.0. The lowest BCUT2D eigenvalue weighted by Gasteiger charge is -2.23. The topological polar surface area (TPSA) is 67.6 Å². The number of alkyl halides is 3. The van der Waals surface area contributed by atoms with Gasteiger partial charge < -0.3 is 4.42 Å². The molecule has 1 aromatic heterocycles. The smallest absolute Gasteiger partial charge is 0.417 e. The first kappa shape index (κ1) is 27.4. The van der Waals surface area contributed by atoms with Crippen LogP contribution in [0.5, 0.6) is 0 Å². The van der Waals surface area contributed by atoms with Crippen LogP contribution in [0.25, 0.3) is 11.0 Å². The maximum Gasteiger partial charge on any atom is 0.417 e. The Morgan fingerprint density at radius 2 is 1.23 bits per heavy atom. The van der Waals surface area contributed by atoms with Gasteiger partial charge in [-0.3, -0.25) is 0 Å². The third-order valence-electron chi connectivity index (χ3n) is 6.49. The molecule has 0 aliphatic rings. The quantitative estimate of drug-likeness (QED) is 0.195. The van der Waals surface area contributed by atoms with E-state index in [1.807, 2.05) is 60.7 Å². The Kier molecular flexibility index (Phi) is 7.60. The van der Waals surface area contributed by atoms with Crippen molar-refractivity contribution in [2.24, 2.45) is 0 Å². The van der Waals surface area contributed by atoms with Crippen LogP contribution in [0.1, 0.15) is 27.8 Å². The number of hydrogen-bond donors (Lipinski definition) is 0. The highest BCUT2D eigenvalue weighted by molar-refractivity contribution is 7.89. The van der Waals surface area contributed by atoms with E-state index in [1.165, 1.54) is 28.6 Å². The molecule has 0 amide bonds. The first-order valence-electron chi connectivity index (χ1n) is 12.4. The van der Waals surface area contributed by atoms with E-state index in [0.29, 0.717) is 17.2 Å². The van der Waals surface area contributed by atoms with Crippen molar-refractivity contribution in [2.75, 3.05) is 0 Å². The van der Waals surface area contributed by atoms with Crippen molar-refractivity contribution in [3.63, 3.8) is 0 Å². The fourth-order valence-corrected chi connectivity index (χ4v) is 5.93. The zero-order valence-electron chi connectivity index (χ0n) is 21.1. The van der Waals surface area contributed by atoms with E-state index in [1.54, 1.807) is 18.2 Å². The van der Waals surface area contributed by atoms with Gasteiger partial charge in [-0.1, -0.05) is 78.9 Å². The number of fused-ring (bicyclic) bond motifs is 1. The summed E-state index contributed by atoms with van der Waals surface area (Å²) in [5.41, 5.74) is 0.686. The van der Waals surface area contributed by atoms with Crippen LogP contribution in [-0.4, -0.2) is 12.7 Å². The van der Waals surface area contributed by atoms with E-state index in [4.69, 9.17) is 4.42 Å². The Bertz CT molecular complexity index is 1740. The zero-order valence-corrected chi connectivity index (χ0v) is 22.0. The normalized spacial score (nSPS) is 12.2. The average molecular weight is 564 g/mol. The molecule has 5 aromatic rings. The van der Waals surface area contributed by atoms with Crippen molar-refractivity contribution in [1.29, 1.82) is 0 Å². The van der Waals surface area contributed by atoms with Crippen molar-refractivity contribution in [2.45, 2.75) is 30.6 Å². The molecule has 40 heavy (non-hydrogen) atoms. The van der Waals surface area contributed by atoms with Crippen molar-refractivity contribution in [1.82, 2.24) is 4.31 Å². The highest BCUT2D eigenvalue weighted by atomic mass is 32.2. The molecule has 0 bridgehead atoms. The van der Waals surface area contributed by atoms with Gasteiger partial charge in [0.25, 0.3) is 0 Å².